The van der Waals surface area contributed by atoms with Gasteiger partial charge in [-0.25, -0.2) is 0 Å². The van der Waals surface area contributed by atoms with E-state index in [-0.39, 0.29) is 0 Å². The highest BCUT2D eigenvalue weighted by molar-refractivity contribution is 5.05. The molecule has 1 aromatic heterocycles. The van der Waals surface area contributed by atoms with Gasteiger partial charge in [-0.2, -0.15) is 5.10 Å². The molecule has 3 heteroatoms. The molecule has 1 heterocycles. The molecule has 0 radical (unpaired) electrons. The quantitative estimate of drug-likeness (QED) is 0.801. The number of hydrogen-bond acceptors (Lipinski definition) is 2. The third-order valence-electron chi connectivity index (χ3n) is 2.99. The van der Waals surface area contributed by atoms with E-state index in [9.17, 15) is 0 Å². The van der Waals surface area contributed by atoms with Crippen LogP contribution in [0.2, 0.25) is 0 Å². The zero-order chi connectivity index (χ0) is 12.1. The second kappa shape index (κ2) is 6.04. The van der Waals surface area contributed by atoms with Crippen LogP contribution >= 0.6 is 0 Å². The number of aryl methyl sites for hydroxylation is 1. The average molecular weight is 223 g/mol. The van der Waals surface area contributed by atoms with Crippen molar-refractivity contribution in [3.63, 3.8) is 0 Å². The molecule has 0 saturated carbocycles. The fraction of sp³-hybridized carbons (Fsp3) is 0.769. The van der Waals surface area contributed by atoms with Gasteiger partial charge in [0.15, 0.2) is 0 Å². The summed E-state index contributed by atoms with van der Waals surface area (Å²) in [7, 11) is 1.97. The molecule has 0 spiro atoms. The number of nitrogens with one attached hydrogen (secondary N) is 1. The molecule has 0 amide bonds. The van der Waals surface area contributed by atoms with E-state index in [0.29, 0.717) is 17.9 Å². The Kier molecular flexibility index (Phi) is 5.00. The second-order valence-electron chi connectivity index (χ2n) is 5.29. The van der Waals surface area contributed by atoms with E-state index in [1.807, 2.05) is 17.9 Å². The minimum atomic E-state index is 0.565. The van der Waals surface area contributed by atoms with Gasteiger partial charge < -0.3 is 5.32 Å². The fourth-order valence-electron chi connectivity index (χ4n) is 1.81. The maximum atomic E-state index is 4.22. The van der Waals surface area contributed by atoms with E-state index in [1.54, 1.807) is 0 Å². The Labute approximate surface area is 99.2 Å². The van der Waals surface area contributed by atoms with Crippen molar-refractivity contribution in [3.05, 3.63) is 18.0 Å². The predicted octanol–water partition coefficient (Wildman–Crippen LogP) is 2.23. The lowest BCUT2D eigenvalue weighted by Gasteiger charge is -2.22. The van der Waals surface area contributed by atoms with Crippen molar-refractivity contribution < 1.29 is 0 Å². The lowest BCUT2D eigenvalue weighted by atomic mass is 9.90. The minimum Gasteiger partial charge on any atom is -0.314 e. The highest BCUT2D eigenvalue weighted by atomic mass is 15.2. The van der Waals surface area contributed by atoms with Crippen LogP contribution in [0.5, 0.6) is 0 Å². The maximum Gasteiger partial charge on any atom is 0.0521 e. The first-order valence-electron chi connectivity index (χ1n) is 6.20. The zero-order valence-electron chi connectivity index (χ0n) is 11.2. The largest absolute Gasteiger partial charge is 0.314 e. The summed E-state index contributed by atoms with van der Waals surface area (Å²) in [5.41, 5.74) is 1.34. The van der Waals surface area contributed by atoms with Crippen molar-refractivity contribution in [2.75, 3.05) is 6.54 Å². The van der Waals surface area contributed by atoms with Gasteiger partial charge in [-0.3, -0.25) is 4.68 Å². The summed E-state index contributed by atoms with van der Waals surface area (Å²) < 4.78 is 1.88. The second-order valence-corrected chi connectivity index (χ2v) is 5.29. The molecule has 0 aromatic carbocycles. The number of aromatic nitrogens is 2. The summed E-state index contributed by atoms with van der Waals surface area (Å²) in [6.07, 6.45) is 5.21. The summed E-state index contributed by atoms with van der Waals surface area (Å²) in [5.74, 6) is 1.39. The van der Waals surface area contributed by atoms with E-state index < -0.39 is 0 Å². The fourth-order valence-corrected chi connectivity index (χ4v) is 1.81. The number of hydrogen-bond donors (Lipinski definition) is 1. The molecule has 92 valence electrons. The third kappa shape index (κ3) is 4.35. The molecule has 0 aliphatic carbocycles. The van der Waals surface area contributed by atoms with Crippen LogP contribution < -0.4 is 5.32 Å². The van der Waals surface area contributed by atoms with Crippen LogP contribution in [0, 0.1) is 11.8 Å². The molecule has 0 bridgehead atoms. The van der Waals surface area contributed by atoms with Crippen molar-refractivity contribution in [2.45, 2.75) is 40.2 Å². The SMILES string of the molecule is CC(C)NCC(Cc1cnn(C)c1)C(C)C. The summed E-state index contributed by atoms with van der Waals surface area (Å²) >= 11 is 0. The van der Waals surface area contributed by atoms with Crippen LogP contribution in [0.15, 0.2) is 12.4 Å². The molecule has 1 rings (SSSR count). The Morgan fingerprint density at radius 3 is 2.44 bits per heavy atom. The smallest absolute Gasteiger partial charge is 0.0521 e. The monoisotopic (exact) mass is 223 g/mol. The summed E-state index contributed by atoms with van der Waals surface area (Å²) in [5, 5.41) is 7.75. The van der Waals surface area contributed by atoms with Crippen LogP contribution in [0.25, 0.3) is 0 Å². The number of nitrogens with zero attached hydrogens (tertiary/aromatic N) is 2. The first-order chi connectivity index (χ1) is 7.49. The summed E-state index contributed by atoms with van der Waals surface area (Å²) in [4.78, 5) is 0. The molecule has 3 nitrogen and oxygen atoms in total. The van der Waals surface area contributed by atoms with Crippen LogP contribution in [0.3, 0.4) is 0 Å². The maximum absolute atomic E-state index is 4.22. The Balaban J connectivity index is 2.51. The molecule has 1 atom stereocenters. The van der Waals surface area contributed by atoms with Gasteiger partial charge in [-0.05, 0) is 30.4 Å². The van der Waals surface area contributed by atoms with E-state index in [4.69, 9.17) is 0 Å². The minimum absolute atomic E-state index is 0.565. The van der Waals surface area contributed by atoms with Crippen molar-refractivity contribution in [1.82, 2.24) is 15.1 Å². The van der Waals surface area contributed by atoms with Crippen molar-refractivity contribution in [3.8, 4) is 0 Å². The Morgan fingerprint density at radius 1 is 1.31 bits per heavy atom. The van der Waals surface area contributed by atoms with E-state index in [1.165, 1.54) is 5.56 Å². The predicted molar refractivity (Wildman–Crippen MR) is 68.4 cm³/mol. The third-order valence-corrected chi connectivity index (χ3v) is 2.99. The molecule has 0 fully saturated rings. The van der Waals surface area contributed by atoms with Gasteiger partial charge in [0, 0.05) is 19.3 Å². The molecule has 0 aliphatic heterocycles. The lowest BCUT2D eigenvalue weighted by molar-refractivity contribution is 0.349. The van der Waals surface area contributed by atoms with Gasteiger partial charge in [0.1, 0.15) is 0 Å². The topological polar surface area (TPSA) is 29.9 Å². The zero-order valence-corrected chi connectivity index (χ0v) is 11.2. The highest BCUT2D eigenvalue weighted by Gasteiger charge is 2.15. The van der Waals surface area contributed by atoms with E-state index in [0.717, 1.165) is 13.0 Å². The van der Waals surface area contributed by atoms with Crippen molar-refractivity contribution >= 4 is 0 Å². The van der Waals surface area contributed by atoms with Gasteiger partial charge in [-0.1, -0.05) is 27.7 Å². The van der Waals surface area contributed by atoms with Gasteiger partial charge in [0.05, 0.1) is 6.20 Å². The van der Waals surface area contributed by atoms with Crippen LogP contribution in [-0.4, -0.2) is 22.4 Å². The van der Waals surface area contributed by atoms with E-state index in [2.05, 4.69) is 44.3 Å². The van der Waals surface area contributed by atoms with Gasteiger partial charge in [-0.15, -0.1) is 0 Å². The molecule has 1 unspecified atom stereocenters. The Hall–Kier alpha value is -0.830. The van der Waals surface area contributed by atoms with Crippen molar-refractivity contribution in [2.24, 2.45) is 18.9 Å². The molecule has 1 N–H and O–H groups in total. The molecule has 1 aromatic rings. The van der Waals surface area contributed by atoms with E-state index >= 15 is 0 Å². The molecular weight excluding hydrogens is 198 g/mol. The first-order valence-corrected chi connectivity index (χ1v) is 6.20. The molecule has 16 heavy (non-hydrogen) atoms. The summed E-state index contributed by atoms with van der Waals surface area (Å²) in [6, 6.07) is 0.565. The van der Waals surface area contributed by atoms with Crippen LogP contribution in [0.4, 0.5) is 0 Å². The van der Waals surface area contributed by atoms with Crippen LogP contribution in [0.1, 0.15) is 33.3 Å². The van der Waals surface area contributed by atoms with Gasteiger partial charge in [0.2, 0.25) is 0 Å². The standard InChI is InChI=1S/C13H25N3/c1-10(2)13(8-14-11(3)4)6-12-7-15-16(5)9-12/h7,9-11,13-14H,6,8H2,1-5H3. The molecule has 0 saturated heterocycles. The Bertz CT molecular complexity index is 302. The van der Waals surface area contributed by atoms with Crippen LogP contribution in [-0.2, 0) is 13.5 Å². The number of rotatable bonds is 6. The molecular formula is C13H25N3. The van der Waals surface area contributed by atoms with Gasteiger partial charge >= 0.3 is 0 Å². The molecule has 0 aliphatic rings. The normalized spacial score (nSPS) is 13.7. The lowest BCUT2D eigenvalue weighted by Crippen LogP contribution is -2.32. The average Bonchev–Trinajstić information content (AvgIpc) is 2.57. The van der Waals surface area contributed by atoms with Gasteiger partial charge in [0.25, 0.3) is 0 Å². The Morgan fingerprint density at radius 2 is 2.00 bits per heavy atom. The highest BCUT2D eigenvalue weighted by Crippen LogP contribution is 2.16. The first kappa shape index (κ1) is 13.2. The van der Waals surface area contributed by atoms with Crippen molar-refractivity contribution in [1.29, 1.82) is 0 Å². The summed E-state index contributed by atoms with van der Waals surface area (Å²) in [6.45, 7) is 10.1.